The first-order valence-electron chi connectivity index (χ1n) is 8.07. The Kier molecular flexibility index (Phi) is 5.52. The molecule has 1 N–H and O–H groups in total. The van der Waals surface area contributed by atoms with Gasteiger partial charge in [-0.1, -0.05) is 11.3 Å². The van der Waals surface area contributed by atoms with E-state index in [1.54, 1.807) is 26.5 Å². The molecule has 0 aliphatic heterocycles. The van der Waals surface area contributed by atoms with E-state index in [4.69, 9.17) is 14.2 Å². The van der Waals surface area contributed by atoms with Crippen LogP contribution in [0.2, 0.25) is 0 Å². The number of aryl methyl sites for hydroxylation is 1. The standard InChI is InChI=1S/C18H20N4O3S/c1-5-25-18-20-11(2)16(26-18)14-8-9-19-17(22-14)21-13-7-6-12(23-3)10-15(13)24-4/h6-10H,5H2,1-4H3,(H,19,21,22). The zero-order chi connectivity index (χ0) is 18.5. The Hall–Kier alpha value is -2.87. The Morgan fingerprint density at radius 1 is 1.12 bits per heavy atom. The van der Waals surface area contributed by atoms with Gasteiger partial charge in [-0.05, 0) is 32.0 Å². The molecule has 1 aromatic carbocycles. The second-order valence-corrected chi connectivity index (χ2v) is 6.25. The van der Waals surface area contributed by atoms with Gasteiger partial charge >= 0.3 is 0 Å². The number of benzene rings is 1. The number of rotatable bonds is 7. The zero-order valence-electron chi connectivity index (χ0n) is 15.1. The highest BCUT2D eigenvalue weighted by molar-refractivity contribution is 7.17. The second-order valence-electron chi connectivity index (χ2n) is 5.28. The van der Waals surface area contributed by atoms with Gasteiger partial charge in [0.25, 0.3) is 5.19 Å². The van der Waals surface area contributed by atoms with Crippen LogP contribution in [0.15, 0.2) is 30.5 Å². The lowest BCUT2D eigenvalue weighted by atomic mass is 10.2. The van der Waals surface area contributed by atoms with E-state index in [-0.39, 0.29) is 0 Å². The molecule has 0 atom stereocenters. The second kappa shape index (κ2) is 8.01. The van der Waals surface area contributed by atoms with Crippen LogP contribution in [0.3, 0.4) is 0 Å². The van der Waals surface area contributed by atoms with E-state index in [1.165, 1.54) is 11.3 Å². The molecular weight excluding hydrogens is 352 g/mol. The van der Waals surface area contributed by atoms with E-state index in [9.17, 15) is 0 Å². The summed E-state index contributed by atoms with van der Waals surface area (Å²) in [4.78, 5) is 14.3. The number of thiazole rings is 1. The zero-order valence-corrected chi connectivity index (χ0v) is 15.9. The number of anilines is 2. The van der Waals surface area contributed by atoms with Crippen molar-refractivity contribution in [3.05, 3.63) is 36.2 Å². The number of hydrogen-bond acceptors (Lipinski definition) is 8. The van der Waals surface area contributed by atoms with Crippen LogP contribution in [0, 0.1) is 6.92 Å². The number of aromatic nitrogens is 3. The third kappa shape index (κ3) is 3.85. The highest BCUT2D eigenvalue weighted by Gasteiger charge is 2.13. The summed E-state index contributed by atoms with van der Waals surface area (Å²) in [7, 11) is 3.22. The summed E-state index contributed by atoms with van der Waals surface area (Å²) in [5.41, 5.74) is 2.42. The third-order valence-corrected chi connectivity index (χ3v) is 4.68. The van der Waals surface area contributed by atoms with Crippen LogP contribution >= 0.6 is 11.3 Å². The van der Waals surface area contributed by atoms with Crippen molar-refractivity contribution in [2.45, 2.75) is 13.8 Å². The summed E-state index contributed by atoms with van der Waals surface area (Å²) in [5, 5.41) is 3.83. The highest BCUT2D eigenvalue weighted by Crippen LogP contribution is 2.34. The van der Waals surface area contributed by atoms with Gasteiger partial charge in [0.15, 0.2) is 0 Å². The van der Waals surface area contributed by atoms with Gasteiger partial charge in [0.1, 0.15) is 11.5 Å². The number of nitrogens with zero attached hydrogens (tertiary/aromatic N) is 3. The van der Waals surface area contributed by atoms with Crippen LogP contribution in [-0.2, 0) is 0 Å². The van der Waals surface area contributed by atoms with Gasteiger partial charge in [0, 0.05) is 12.3 Å². The molecule has 2 heterocycles. The molecule has 0 amide bonds. The minimum Gasteiger partial charge on any atom is -0.497 e. The fraction of sp³-hybridized carbons (Fsp3) is 0.278. The van der Waals surface area contributed by atoms with Gasteiger partial charge in [-0.25, -0.2) is 15.0 Å². The predicted molar refractivity (Wildman–Crippen MR) is 102 cm³/mol. The quantitative estimate of drug-likeness (QED) is 0.670. The Bertz CT molecular complexity index is 898. The molecule has 0 aliphatic carbocycles. The van der Waals surface area contributed by atoms with Crippen molar-refractivity contribution in [2.24, 2.45) is 0 Å². The van der Waals surface area contributed by atoms with Crippen molar-refractivity contribution in [3.63, 3.8) is 0 Å². The van der Waals surface area contributed by atoms with Gasteiger partial charge in [0.2, 0.25) is 5.95 Å². The lowest BCUT2D eigenvalue weighted by Gasteiger charge is -2.11. The summed E-state index contributed by atoms with van der Waals surface area (Å²) in [5.74, 6) is 1.83. The average molecular weight is 372 g/mol. The van der Waals surface area contributed by atoms with E-state index in [0.29, 0.717) is 29.2 Å². The first-order valence-corrected chi connectivity index (χ1v) is 8.89. The Morgan fingerprint density at radius 3 is 2.69 bits per heavy atom. The number of methoxy groups -OCH3 is 2. The lowest BCUT2D eigenvalue weighted by molar-refractivity contribution is 0.338. The monoisotopic (exact) mass is 372 g/mol. The topological polar surface area (TPSA) is 78.4 Å². The summed E-state index contributed by atoms with van der Waals surface area (Å²) >= 11 is 1.47. The summed E-state index contributed by atoms with van der Waals surface area (Å²) in [6.07, 6.45) is 1.71. The van der Waals surface area contributed by atoms with Crippen LogP contribution in [0.25, 0.3) is 10.6 Å². The van der Waals surface area contributed by atoms with Crippen LogP contribution in [0.5, 0.6) is 16.7 Å². The fourth-order valence-corrected chi connectivity index (χ4v) is 3.31. The largest absolute Gasteiger partial charge is 0.497 e. The van der Waals surface area contributed by atoms with Crippen molar-refractivity contribution >= 4 is 23.0 Å². The SMILES string of the molecule is CCOc1nc(C)c(-c2ccnc(Nc3ccc(OC)cc3OC)n2)s1. The third-order valence-electron chi connectivity index (χ3n) is 3.59. The summed E-state index contributed by atoms with van der Waals surface area (Å²) in [6, 6.07) is 7.36. The first-order chi connectivity index (χ1) is 12.6. The van der Waals surface area contributed by atoms with E-state index >= 15 is 0 Å². The van der Waals surface area contributed by atoms with Crippen molar-refractivity contribution in [3.8, 4) is 27.3 Å². The number of ether oxygens (including phenoxy) is 3. The maximum absolute atomic E-state index is 5.49. The van der Waals surface area contributed by atoms with Crippen molar-refractivity contribution < 1.29 is 14.2 Å². The van der Waals surface area contributed by atoms with E-state index in [2.05, 4.69) is 20.3 Å². The molecule has 0 unspecified atom stereocenters. The maximum atomic E-state index is 5.49. The van der Waals surface area contributed by atoms with Crippen molar-refractivity contribution in [2.75, 3.05) is 26.1 Å². The lowest BCUT2D eigenvalue weighted by Crippen LogP contribution is -2.00. The van der Waals surface area contributed by atoms with E-state index in [0.717, 1.165) is 22.0 Å². The van der Waals surface area contributed by atoms with Crippen LogP contribution < -0.4 is 19.5 Å². The molecule has 0 saturated carbocycles. The van der Waals surface area contributed by atoms with Crippen molar-refractivity contribution in [1.29, 1.82) is 0 Å². The Balaban J connectivity index is 1.88. The van der Waals surface area contributed by atoms with Crippen LogP contribution in [0.4, 0.5) is 11.6 Å². The summed E-state index contributed by atoms with van der Waals surface area (Å²) < 4.78 is 16.1. The van der Waals surface area contributed by atoms with E-state index < -0.39 is 0 Å². The molecule has 0 radical (unpaired) electrons. The highest BCUT2D eigenvalue weighted by atomic mass is 32.1. The number of nitrogens with one attached hydrogen (secondary N) is 1. The smallest absolute Gasteiger partial charge is 0.274 e. The predicted octanol–water partition coefficient (Wildman–Crippen LogP) is 4.07. The minimum atomic E-state index is 0.469. The van der Waals surface area contributed by atoms with Gasteiger partial charge in [-0.15, -0.1) is 0 Å². The molecule has 0 bridgehead atoms. The molecule has 0 aliphatic rings. The Labute approximate surface area is 156 Å². The molecule has 0 spiro atoms. The molecule has 26 heavy (non-hydrogen) atoms. The Morgan fingerprint density at radius 2 is 1.96 bits per heavy atom. The number of hydrogen-bond donors (Lipinski definition) is 1. The summed E-state index contributed by atoms with van der Waals surface area (Å²) in [6.45, 7) is 4.46. The molecule has 7 nitrogen and oxygen atoms in total. The van der Waals surface area contributed by atoms with Crippen molar-refractivity contribution in [1.82, 2.24) is 15.0 Å². The fourth-order valence-electron chi connectivity index (χ4n) is 2.36. The maximum Gasteiger partial charge on any atom is 0.274 e. The molecule has 0 fully saturated rings. The molecular formula is C18H20N4O3S. The first kappa shape index (κ1) is 17.9. The molecule has 136 valence electrons. The molecule has 0 saturated heterocycles. The van der Waals surface area contributed by atoms with Gasteiger partial charge < -0.3 is 19.5 Å². The average Bonchev–Trinajstić information content (AvgIpc) is 3.03. The van der Waals surface area contributed by atoms with Crippen LogP contribution in [-0.4, -0.2) is 35.8 Å². The van der Waals surface area contributed by atoms with Gasteiger partial charge in [0.05, 0.1) is 42.8 Å². The molecule has 3 rings (SSSR count). The normalized spacial score (nSPS) is 10.5. The molecule has 8 heteroatoms. The molecule has 2 aromatic heterocycles. The van der Waals surface area contributed by atoms with Crippen LogP contribution in [0.1, 0.15) is 12.6 Å². The van der Waals surface area contributed by atoms with Gasteiger partial charge in [-0.2, -0.15) is 0 Å². The molecule has 3 aromatic rings. The van der Waals surface area contributed by atoms with E-state index in [1.807, 2.05) is 32.0 Å². The van der Waals surface area contributed by atoms with Gasteiger partial charge in [-0.3, -0.25) is 0 Å². The minimum absolute atomic E-state index is 0.469.